The molecule has 5 N–H and O–H groups in total. The highest BCUT2D eigenvalue weighted by Crippen LogP contribution is 2.27. The maximum absolute atomic E-state index is 11.4. The third kappa shape index (κ3) is 7.87. The second-order valence-corrected chi connectivity index (χ2v) is 10.9. The molecule has 0 aliphatic heterocycles. The Morgan fingerprint density at radius 1 is 1.08 bits per heavy atom. The van der Waals surface area contributed by atoms with Gasteiger partial charge in [-0.2, -0.15) is 5.26 Å². The molecule has 0 spiro atoms. The lowest BCUT2D eigenvalue weighted by atomic mass is 9.95. The summed E-state index contributed by atoms with van der Waals surface area (Å²) in [6, 6.07) is 19.8. The van der Waals surface area contributed by atoms with Crippen molar-refractivity contribution in [3.63, 3.8) is 0 Å². The number of sulfonamides is 1. The number of ether oxygens (including phenoxy) is 1. The van der Waals surface area contributed by atoms with Crippen LogP contribution in [0.1, 0.15) is 35.3 Å². The number of carbonyl (C=O) groups is 1. The summed E-state index contributed by atoms with van der Waals surface area (Å²) in [6.07, 6.45) is -0.290. The molecule has 0 aliphatic carbocycles. The third-order valence-corrected chi connectivity index (χ3v) is 6.64. The number of carboxylic acids is 1. The lowest BCUT2D eigenvalue weighted by Gasteiger charge is -2.28. The maximum Gasteiger partial charge on any atom is 0.335 e. The second-order valence-electron chi connectivity index (χ2n) is 9.30. The molecule has 0 aliphatic rings. The zero-order valence-corrected chi connectivity index (χ0v) is 21.3. The summed E-state index contributed by atoms with van der Waals surface area (Å²) < 4.78 is 28.6. The molecular formula is C27H29N3O6S. The quantitative estimate of drug-likeness (QED) is 0.298. The Bertz CT molecular complexity index is 1400. The number of rotatable bonds is 11. The first-order valence-electron chi connectivity index (χ1n) is 11.4. The standard InChI is InChI=1S/C27H29N3O6S/c1-27(2,14-18-3-11-24(12-4-18)37(29,34)35)30-16-23(31)17-36-25-13-21(9-10-22(25)15-28)19-5-7-20(8-6-19)26(32)33/h3-13,23,30-31H,14,16-17H2,1-2H3,(H,32,33)(H2,29,34,35)/t23-/m0/s1. The third-order valence-electron chi connectivity index (χ3n) is 5.71. The summed E-state index contributed by atoms with van der Waals surface area (Å²) in [5.41, 5.74) is 2.49. The van der Waals surface area contributed by atoms with Gasteiger partial charge in [-0.15, -0.1) is 0 Å². The molecule has 3 aromatic rings. The van der Waals surface area contributed by atoms with Crippen LogP contribution in [0.3, 0.4) is 0 Å². The summed E-state index contributed by atoms with van der Waals surface area (Å²) in [5.74, 6) is -0.698. The van der Waals surface area contributed by atoms with Crippen LogP contribution in [-0.4, -0.2) is 49.4 Å². The van der Waals surface area contributed by atoms with Gasteiger partial charge in [0, 0.05) is 12.1 Å². The monoisotopic (exact) mass is 523 g/mol. The predicted molar refractivity (Wildman–Crippen MR) is 139 cm³/mol. The molecule has 0 unspecified atom stereocenters. The van der Waals surface area contributed by atoms with Gasteiger partial charge >= 0.3 is 5.97 Å². The van der Waals surface area contributed by atoms with E-state index in [9.17, 15) is 23.6 Å². The lowest BCUT2D eigenvalue weighted by molar-refractivity contribution is 0.0697. The molecule has 0 aromatic heterocycles. The molecule has 194 valence electrons. The number of β-amino-alcohol motifs (C(OH)–C–C–N with tert-alkyl or cyclic N) is 1. The van der Waals surface area contributed by atoms with Crippen molar-refractivity contribution in [3.8, 4) is 22.9 Å². The van der Waals surface area contributed by atoms with Crippen molar-refractivity contribution in [1.29, 1.82) is 5.26 Å². The van der Waals surface area contributed by atoms with Crippen molar-refractivity contribution in [3.05, 3.63) is 83.4 Å². The van der Waals surface area contributed by atoms with E-state index < -0.39 is 27.6 Å². The number of nitrogens with zero attached hydrogens (tertiary/aromatic N) is 1. The van der Waals surface area contributed by atoms with Crippen molar-refractivity contribution >= 4 is 16.0 Å². The van der Waals surface area contributed by atoms with E-state index in [2.05, 4.69) is 11.4 Å². The van der Waals surface area contributed by atoms with E-state index in [0.717, 1.165) is 16.7 Å². The number of aromatic carboxylic acids is 1. The molecule has 1 atom stereocenters. The minimum atomic E-state index is -3.75. The van der Waals surface area contributed by atoms with Gasteiger partial charge in [-0.3, -0.25) is 0 Å². The minimum absolute atomic E-state index is 0.0488. The molecule has 3 rings (SSSR count). The Balaban J connectivity index is 1.59. The van der Waals surface area contributed by atoms with E-state index in [1.165, 1.54) is 24.3 Å². The van der Waals surface area contributed by atoms with Gasteiger partial charge in [-0.25, -0.2) is 18.4 Å². The lowest BCUT2D eigenvalue weighted by Crippen LogP contribution is -2.46. The Kier molecular flexibility index (Phi) is 8.68. The number of nitrogens with one attached hydrogen (secondary N) is 1. The normalized spacial score (nSPS) is 12.5. The van der Waals surface area contributed by atoms with Crippen LogP contribution in [0.25, 0.3) is 11.1 Å². The van der Waals surface area contributed by atoms with E-state index in [-0.39, 0.29) is 23.6 Å². The molecule has 3 aromatic carbocycles. The first-order chi connectivity index (χ1) is 17.4. The second kappa shape index (κ2) is 11.5. The number of nitriles is 1. The Hall–Kier alpha value is -3.75. The summed E-state index contributed by atoms with van der Waals surface area (Å²) in [5, 5.41) is 37.4. The predicted octanol–water partition coefficient (Wildman–Crippen LogP) is 2.92. The molecule has 0 saturated carbocycles. The highest BCUT2D eigenvalue weighted by atomic mass is 32.2. The average Bonchev–Trinajstić information content (AvgIpc) is 2.85. The van der Waals surface area contributed by atoms with Crippen LogP contribution in [0.2, 0.25) is 0 Å². The van der Waals surface area contributed by atoms with Crippen LogP contribution >= 0.6 is 0 Å². The number of carboxylic acid groups (broad SMARTS) is 1. The summed E-state index contributed by atoms with van der Waals surface area (Å²) in [7, 11) is -3.75. The van der Waals surface area contributed by atoms with Crippen molar-refractivity contribution < 1.29 is 28.2 Å². The minimum Gasteiger partial charge on any atom is -0.489 e. The number of hydrogen-bond donors (Lipinski definition) is 4. The van der Waals surface area contributed by atoms with Gasteiger partial charge in [0.15, 0.2) is 0 Å². The zero-order valence-electron chi connectivity index (χ0n) is 20.5. The van der Waals surface area contributed by atoms with E-state index in [4.69, 9.17) is 15.0 Å². The van der Waals surface area contributed by atoms with Crippen molar-refractivity contribution in [1.82, 2.24) is 5.32 Å². The molecule has 0 saturated heterocycles. The number of benzene rings is 3. The molecule has 0 radical (unpaired) electrons. The highest BCUT2D eigenvalue weighted by Gasteiger charge is 2.20. The van der Waals surface area contributed by atoms with E-state index >= 15 is 0 Å². The molecule has 9 nitrogen and oxygen atoms in total. The van der Waals surface area contributed by atoms with E-state index in [1.807, 2.05) is 13.8 Å². The van der Waals surface area contributed by atoms with Crippen LogP contribution in [0, 0.1) is 11.3 Å². The highest BCUT2D eigenvalue weighted by molar-refractivity contribution is 7.89. The zero-order chi connectivity index (χ0) is 27.2. The number of aliphatic hydroxyl groups excluding tert-OH is 1. The van der Waals surface area contributed by atoms with E-state index in [1.54, 1.807) is 42.5 Å². The van der Waals surface area contributed by atoms with Crippen LogP contribution in [0.4, 0.5) is 0 Å². The van der Waals surface area contributed by atoms with Crippen LogP contribution in [-0.2, 0) is 16.4 Å². The Morgan fingerprint density at radius 2 is 1.70 bits per heavy atom. The van der Waals surface area contributed by atoms with Gasteiger partial charge in [-0.05, 0) is 73.4 Å². The Morgan fingerprint density at radius 3 is 2.27 bits per heavy atom. The molecule has 37 heavy (non-hydrogen) atoms. The summed E-state index contributed by atoms with van der Waals surface area (Å²) in [6.45, 7) is 4.09. The van der Waals surface area contributed by atoms with Gasteiger partial charge in [0.1, 0.15) is 24.5 Å². The van der Waals surface area contributed by atoms with Crippen LogP contribution < -0.4 is 15.2 Å². The van der Waals surface area contributed by atoms with Crippen molar-refractivity contribution in [2.75, 3.05) is 13.2 Å². The van der Waals surface area contributed by atoms with Crippen LogP contribution in [0.15, 0.2) is 71.6 Å². The summed E-state index contributed by atoms with van der Waals surface area (Å²) >= 11 is 0. The number of aliphatic hydroxyl groups is 1. The van der Waals surface area contributed by atoms with Crippen molar-refractivity contribution in [2.24, 2.45) is 5.14 Å². The molecule has 0 heterocycles. The van der Waals surface area contributed by atoms with Gasteiger partial charge in [-0.1, -0.05) is 30.3 Å². The number of primary sulfonamides is 1. The first kappa shape index (κ1) is 27.8. The Labute approximate surface area is 216 Å². The maximum atomic E-state index is 11.4. The van der Waals surface area contributed by atoms with Gasteiger partial charge in [0.25, 0.3) is 0 Å². The molecule has 0 fully saturated rings. The van der Waals surface area contributed by atoms with Gasteiger partial charge in [0.2, 0.25) is 10.0 Å². The molecular weight excluding hydrogens is 494 g/mol. The topological polar surface area (TPSA) is 163 Å². The first-order valence-corrected chi connectivity index (χ1v) is 13.0. The smallest absolute Gasteiger partial charge is 0.335 e. The molecule has 0 amide bonds. The van der Waals surface area contributed by atoms with Crippen LogP contribution in [0.5, 0.6) is 5.75 Å². The van der Waals surface area contributed by atoms with Gasteiger partial charge < -0.3 is 20.3 Å². The van der Waals surface area contributed by atoms with E-state index in [0.29, 0.717) is 17.7 Å². The fourth-order valence-electron chi connectivity index (χ4n) is 3.73. The molecule has 0 bridgehead atoms. The fraction of sp³-hybridized carbons (Fsp3) is 0.259. The number of hydrogen-bond acceptors (Lipinski definition) is 7. The molecule has 10 heteroatoms. The fourth-order valence-corrected chi connectivity index (χ4v) is 4.24. The average molecular weight is 524 g/mol. The summed E-state index contributed by atoms with van der Waals surface area (Å²) in [4.78, 5) is 11.1. The largest absolute Gasteiger partial charge is 0.489 e. The van der Waals surface area contributed by atoms with Gasteiger partial charge in [0.05, 0.1) is 16.0 Å². The SMILES string of the molecule is CC(C)(Cc1ccc(S(N)(=O)=O)cc1)NC[C@H](O)COc1cc(-c2ccc(C(=O)O)cc2)ccc1C#N. The van der Waals surface area contributed by atoms with Crippen molar-refractivity contribution in [2.45, 2.75) is 36.8 Å². The number of nitrogens with two attached hydrogens (primary N) is 1.